The summed E-state index contributed by atoms with van der Waals surface area (Å²) in [5, 5.41) is 2.82. The Morgan fingerprint density at radius 1 is 1.29 bits per heavy atom. The third-order valence-corrected chi connectivity index (χ3v) is 2.19. The highest BCUT2D eigenvalue weighted by Crippen LogP contribution is 1.96. The predicted octanol–water partition coefficient (Wildman–Crippen LogP) is 1.28. The van der Waals surface area contributed by atoms with Gasteiger partial charge in [-0.15, -0.1) is 0 Å². The van der Waals surface area contributed by atoms with E-state index in [2.05, 4.69) is 10.0 Å². The van der Waals surface area contributed by atoms with Crippen LogP contribution in [0, 0.1) is 0 Å². The van der Waals surface area contributed by atoms with Crippen LogP contribution in [0.15, 0.2) is 30.3 Å². The summed E-state index contributed by atoms with van der Waals surface area (Å²) in [5.74, 6) is -0.0199. The molecule has 0 fully saturated rings. The summed E-state index contributed by atoms with van der Waals surface area (Å²) in [6.07, 6.45) is 1.96. The number of amides is 1. The summed E-state index contributed by atoms with van der Waals surface area (Å²) in [6, 6.07) is 9.21. The first-order valence-electron chi connectivity index (χ1n) is 4.43. The van der Waals surface area contributed by atoms with Gasteiger partial charge in [-0.05, 0) is 18.4 Å². The highest BCUT2D eigenvalue weighted by molar-refractivity contribution is 7.96. The molecule has 2 N–H and O–H groups in total. The molecule has 0 unspecified atom stereocenters. The minimum atomic E-state index is -0.0199. The number of benzene rings is 1. The predicted molar refractivity (Wildman–Crippen MR) is 60.3 cm³/mol. The van der Waals surface area contributed by atoms with Gasteiger partial charge in [0.1, 0.15) is 0 Å². The molecule has 14 heavy (non-hydrogen) atoms. The van der Waals surface area contributed by atoms with Crippen molar-refractivity contribution < 1.29 is 4.79 Å². The number of rotatable bonds is 5. The van der Waals surface area contributed by atoms with Crippen molar-refractivity contribution in [3.63, 3.8) is 0 Å². The van der Waals surface area contributed by atoms with Crippen molar-refractivity contribution in [1.29, 1.82) is 0 Å². The van der Waals surface area contributed by atoms with Crippen molar-refractivity contribution in [2.24, 2.45) is 0 Å². The third kappa shape index (κ3) is 3.81. The van der Waals surface area contributed by atoms with E-state index in [9.17, 15) is 4.79 Å². The molecule has 0 atom stereocenters. The highest BCUT2D eigenvalue weighted by atomic mass is 32.2. The number of hydrogen-bond acceptors (Lipinski definition) is 3. The lowest BCUT2D eigenvalue weighted by molar-refractivity contribution is 0.0954. The summed E-state index contributed by atoms with van der Waals surface area (Å²) < 4.78 is 3.06. The zero-order valence-corrected chi connectivity index (χ0v) is 8.93. The molecular formula is C10H14N2OS. The van der Waals surface area contributed by atoms with Crippen molar-refractivity contribution in [1.82, 2.24) is 10.0 Å². The monoisotopic (exact) mass is 210 g/mol. The van der Waals surface area contributed by atoms with Gasteiger partial charge in [-0.2, -0.15) is 0 Å². The Labute approximate surface area is 88.4 Å². The fourth-order valence-electron chi connectivity index (χ4n) is 1.02. The van der Waals surface area contributed by atoms with Gasteiger partial charge in [-0.25, -0.2) is 0 Å². The SMILES string of the molecule is CSNCCNC(=O)c1ccccc1. The summed E-state index contributed by atoms with van der Waals surface area (Å²) in [6.45, 7) is 1.42. The molecule has 1 aromatic rings. The second-order valence-electron chi connectivity index (χ2n) is 2.72. The molecule has 76 valence electrons. The van der Waals surface area contributed by atoms with E-state index in [1.807, 2.05) is 24.5 Å². The Morgan fingerprint density at radius 2 is 2.00 bits per heavy atom. The van der Waals surface area contributed by atoms with E-state index in [1.54, 1.807) is 24.1 Å². The van der Waals surface area contributed by atoms with E-state index in [-0.39, 0.29) is 5.91 Å². The van der Waals surface area contributed by atoms with Crippen molar-refractivity contribution in [3.05, 3.63) is 35.9 Å². The fourth-order valence-corrected chi connectivity index (χ4v) is 1.33. The summed E-state index contributed by atoms with van der Waals surface area (Å²) >= 11 is 1.55. The van der Waals surface area contributed by atoms with E-state index in [4.69, 9.17) is 0 Å². The van der Waals surface area contributed by atoms with Gasteiger partial charge in [0.25, 0.3) is 5.91 Å². The van der Waals surface area contributed by atoms with Gasteiger partial charge >= 0.3 is 0 Å². The Kier molecular flexibility index (Phi) is 5.11. The van der Waals surface area contributed by atoms with E-state index in [0.29, 0.717) is 12.1 Å². The zero-order valence-electron chi connectivity index (χ0n) is 8.12. The first kappa shape index (κ1) is 11.1. The smallest absolute Gasteiger partial charge is 0.251 e. The van der Waals surface area contributed by atoms with Gasteiger partial charge in [0, 0.05) is 18.7 Å². The number of nitrogens with one attached hydrogen (secondary N) is 2. The Morgan fingerprint density at radius 3 is 2.64 bits per heavy atom. The number of carbonyl (C=O) groups is 1. The van der Waals surface area contributed by atoms with Crippen LogP contribution in [0.1, 0.15) is 10.4 Å². The molecule has 3 nitrogen and oxygen atoms in total. The van der Waals surface area contributed by atoms with Gasteiger partial charge in [0.15, 0.2) is 0 Å². The summed E-state index contributed by atoms with van der Waals surface area (Å²) in [7, 11) is 0. The van der Waals surface area contributed by atoms with Crippen LogP contribution in [-0.2, 0) is 0 Å². The molecule has 0 saturated heterocycles. The first-order chi connectivity index (χ1) is 6.84. The Hall–Kier alpha value is -1.00. The fraction of sp³-hybridized carbons (Fsp3) is 0.300. The van der Waals surface area contributed by atoms with E-state index in [0.717, 1.165) is 6.54 Å². The second-order valence-corrected chi connectivity index (χ2v) is 3.42. The standard InChI is InChI=1S/C10H14N2OS/c1-14-12-8-7-11-10(13)9-5-3-2-4-6-9/h2-6,12H,7-8H2,1H3,(H,11,13). The van der Waals surface area contributed by atoms with Crippen molar-refractivity contribution in [2.75, 3.05) is 19.3 Å². The molecular weight excluding hydrogens is 196 g/mol. The van der Waals surface area contributed by atoms with E-state index >= 15 is 0 Å². The minimum absolute atomic E-state index is 0.0199. The maximum Gasteiger partial charge on any atom is 0.251 e. The molecule has 0 spiro atoms. The van der Waals surface area contributed by atoms with Gasteiger partial charge in [-0.3, -0.25) is 9.52 Å². The Bertz CT molecular complexity index is 277. The van der Waals surface area contributed by atoms with Crippen LogP contribution in [0.4, 0.5) is 0 Å². The van der Waals surface area contributed by atoms with E-state index in [1.165, 1.54) is 0 Å². The van der Waals surface area contributed by atoms with Crippen LogP contribution in [0.25, 0.3) is 0 Å². The molecule has 0 heterocycles. The van der Waals surface area contributed by atoms with Crippen LogP contribution in [0.5, 0.6) is 0 Å². The molecule has 0 bridgehead atoms. The van der Waals surface area contributed by atoms with Crippen LogP contribution in [-0.4, -0.2) is 25.3 Å². The normalized spacial score (nSPS) is 9.79. The number of hydrogen-bond donors (Lipinski definition) is 2. The lowest BCUT2D eigenvalue weighted by atomic mass is 10.2. The lowest BCUT2D eigenvalue weighted by Crippen LogP contribution is -2.29. The molecule has 0 radical (unpaired) electrons. The largest absolute Gasteiger partial charge is 0.351 e. The van der Waals surface area contributed by atoms with Crippen molar-refractivity contribution >= 4 is 17.9 Å². The van der Waals surface area contributed by atoms with Crippen LogP contribution < -0.4 is 10.0 Å². The number of carbonyl (C=O) groups excluding carboxylic acids is 1. The minimum Gasteiger partial charge on any atom is -0.351 e. The molecule has 0 aliphatic carbocycles. The van der Waals surface area contributed by atoms with Gasteiger partial charge in [0.05, 0.1) is 0 Å². The van der Waals surface area contributed by atoms with Gasteiger partial charge in [-0.1, -0.05) is 30.1 Å². The average molecular weight is 210 g/mol. The van der Waals surface area contributed by atoms with Gasteiger partial charge < -0.3 is 5.32 Å². The molecule has 4 heteroatoms. The van der Waals surface area contributed by atoms with Gasteiger partial charge in [0.2, 0.25) is 0 Å². The van der Waals surface area contributed by atoms with Crippen LogP contribution in [0.2, 0.25) is 0 Å². The maximum atomic E-state index is 11.5. The van der Waals surface area contributed by atoms with Crippen molar-refractivity contribution in [2.45, 2.75) is 0 Å². The van der Waals surface area contributed by atoms with Crippen LogP contribution in [0.3, 0.4) is 0 Å². The van der Waals surface area contributed by atoms with E-state index < -0.39 is 0 Å². The molecule has 0 aliphatic heterocycles. The maximum absolute atomic E-state index is 11.5. The Balaban J connectivity index is 2.29. The molecule has 0 aromatic heterocycles. The second kappa shape index (κ2) is 6.45. The molecule has 1 rings (SSSR count). The molecule has 1 aromatic carbocycles. The topological polar surface area (TPSA) is 41.1 Å². The molecule has 0 aliphatic rings. The quantitative estimate of drug-likeness (QED) is 0.568. The molecule has 0 saturated carbocycles. The summed E-state index contributed by atoms with van der Waals surface area (Å²) in [5.41, 5.74) is 0.705. The summed E-state index contributed by atoms with van der Waals surface area (Å²) in [4.78, 5) is 11.5. The lowest BCUT2D eigenvalue weighted by Gasteiger charge is -2.04. The zero-order chi connectivity index (χ0) is 10.2. The third-order valence-electron chi connectivity index (χ3n) is 1.69. The first-order valence-corrected chi connectivity index (χ1v) is 5.66. The van der Waals surface area contributed by atoms with Crippen molar-refractivity contribution in [3.8, 4) is 0 Å². The molecule has 1 amide bonds. The average Bonchev–Trinajstić information content (AvgIpc) is 2.25. The van der Waals surface area contributed by atoms with Crippen LogP contribution >= 0.6 is 11.9 Å². The highest BCUT2D eigenvalue weighted by Gasteiger charge is 2.01.